The number of azo groups is 1. The molecule has 0 N–H and O–H groups in total. The van der Waals surface area contributed by atoms with Gasteiger partial charge in [-0.2, -0.15) is 0 Å². The summed E-state index contributed by atoms with van der Waals surface area (Å²) in [4.78, 5) is 4.62. The molecule has 0 saturated carbocycles. The Bertz CT molecular complexity index is 1070. The van der Waals surface area contributed by atoms with Crippen LogP contribution in [0.3, 0.4) is 0 Å². The lowest BCUT2D eigenvalue weighted by molar-refractivity contribution is 0.628. The predicted octanol–water partition coefficient (Wildman–Crippen LogP) is 6.21. The Balaban J connectivity index is 1.88. The minimum atomic E-state index is -0.423. The molecule has 4 aromatic rings. The van der Waals surface area contributed by atoms with Crippen LogP contribution in [0, 0.1) is 5.82 Å². The molecule has 4 nitrogen and oxygen atoms in total. The molecule has 0 aliphatic carbocycles. The number of pyridine rings is 1. The van der Waals surface area contributed by atoms with Crippen molar-refractivity contribution in [1.29, 1.82) is 0 Å². The average molecular weight is 351 g/mol. The molecule has 0 spiro atoms. The van der Waals surface area contributed by atoms with Crippen molar-refractivity contribution in [3.05, 3.63) is 83.8 Å². The van der Waals surface area contributed by atoms with E-state index in [1.807, 2.05) is 40.9 Å². The van der Waals surface area contributed by atoms with Gasteiger partial charge in [0.2, 0.25) is 0 Å². The number of benzene rings is 2. The lowest BCUT2D eigenvalue weighted by atomic mass is 10.1. The van der Waals surface area contributed by atoms with Crippen LogP contribution in [0.4, 0.5) is 15.9 Å². The van der Waals surface area contributed by atoms with E-state index in [9.17, 15) is 4.39 Å². The summed E-state index contributed by atoms with van der Waals surface area (Å²) in [6.45, 7) is 0. The fourth-order valence-corrected chi connectivity index (χ4v) is 2.64. The highest BCUT2D eigenvalue weighted by molar-refractivity contribution is 6.30. The fourth-order valence-electron chi connectivity index (χ4n) is 2.51. The van der Waals surface area contributed by atoms with Gasteiger partial charge in [-0.25, -0.2) is 9.37 Å². The minimum absolute atomic E-state index is 0.176. The highest BCUT2D eigenvalue weighted by Crippen LogP contribution is 2.33. The summed E-state index contributed by atoms with van der Waals surface area (Å²) >= 11 is 5.97. The zero-order chi connectivity index (χ0) is 17.2. The van der Waals surface area contributed by atoms with E-state index in [-0.39, 0.29) is 5.69 Å². The second-order valence-electron chi connectivity index (χ2n) is 5.37. The number of aromatic nitrogens is 2. The third kappa shape index (κ3) is 3.02. The van der Waals surface area contributed by atoms with Crippen LogP contribution < -0.4 is 0 Å². The van der Waals surface area contributed by atoms with Crippen molar-refractivity contribution in [3.8, 4) is 11.3 Å². The SMILES string of the molecule is Fc1ccccc1N=Nc1c(-c2ccc(Cl)cc2)nc2ccccn12. The number of rotatable bonds is 3. The first-order valence-corrected chi connectivity index (χ1v) is 7.99. The normalized spacial score (nSPS) is 11.4. The molecule has 0 amide bonds. The van der Waals surface area contributed by atoms with Crippen molar-refractivity contribution < 1.29 is 4.39 Å². The number of halogens is 2. The molecule has 2 aromatic carbocycles. The van der Waals surface area contributed by atoms with Crippen LogP contribution in [-0.2, 0) is 0 Å². The van der Waals surface area contributed by atoms with E-state index in [0.29, 0.717) is 16.5 Å². The van der Waals surface area contributed by atoms with E-state index in [4.69, 9.17) is 11.6 Å². The van der Waals surface area contributed by atoms with Gasteiger partial charge in [-0.3, -0.25) is 4.40 Å². The van der Waals surface area contributed by atoms with Crippen LogP contribution in [0.25, 0.3) is 16.9 Å². The number of fused-ring (bicyclic) bond motifs is 1. The molecule has 2 heterocycles. The first-order valence-electron chi connectivity index (χ1n) is 7.62. The van der Waals surface area contributed by atoms with Gasteiger partial charge in [0.05, 0.1) is 0 Å². The lowest BCUT2D eigenvalue weighted by Crippen LogP contribution is -1.82. The molecule has 0 fully saturated rings. The maximum atomic E-state index is 13.8. The van der Waals surface area contributed by atoms with Gasteiger partial charge in [-0.1, -0.05) is 41.9 Å². The third-order valence-corrected chi connectivity index (χ3v) is 3.98. The number of imidazole rings is 1. The maximum Gasteiger partial charge on any atom is 0.187 e. The molecule has 0 atom stereocenters. The van der Waals surface area contributed by atoms with E-state index in [1.165, 1.54) is 6.07 Å². The Morgan fingerprint density at radius 3 is 2.44 bits per heavy atom. The zero-order valence-electron chi connectivity index (χ0n) is 13.0. The smallest absolute Gasteiger partial charge is 0.187 e. The number of nitrogens with zero attached hydrogens (tertiary/aromatic N) is 4. The number of hydrogen-bond donors (Lipinski definition) is 0. The monoisotopic (exact) mass is 350 g/mol. The first-order chi connectivity index (χ1) is 12.2. The summed E-state index contributed by atoms with van der Waals surface area (Å²) in [7, 11) is 0. The van der Waals surface area contributed by atoms with Gasteiger partial charge in [0, 0.05) is 16.8 Å². The Hall–Kier alpha value is -3.05. The van der Waals surface area contributed by atoms with Gasteiger partial charge in [0.15, 0.2) is 11.6 Å². The molecule has 4 rings (SSSR count). The van der Waals surface area contributed by atoms with Gasteiger partial charge >= 0.3 is 0 Å². The first kappa shape index (κ1) is 15.5. The van der Waals surface area contributed by atoms with Crippen LogP contribution in [0.2, 0.25) is 5.02 Å². The molecule has 0 aliphatic rings. The van der Waals surface area contributed by atoms with Crippen molar-refractivity contribution >= 4 is 28.8 Å². The zero-order valence-corrected chi connectivity index (χ0v) is 13.7. The summed E-state index contributed by atoms with van der Waals surface area (Å²) in [5.74, 6) is 0.106. The van der Waals surface area contributed by atoms with Gasteiger partial charge < -0.3 is 0 Å². The fraction of sp³-hybridized carbons (Fsp3) is 0. The largest absolute Gasteiger partial charge is 0.283 e. The van der Waals surface area contributed by atoms with Crippen molar-refractivity contribution in [1.82, 2.24) is 9.38 Å². The van der Waals surface area contributed by atoms with Crippen LogP contribution in [0.1, 0.15) is 0 Å². The summed E-state index contributed by atoms with van der Waals surface area (Å²) in [5.41, 5.74) is 2.42. The summed E-state index contributed by atoms with van der Waals surface area (Å²) in [5, 5.41) is 8.98. The van der Waals surface area contributed by atoms with Gasteiger partial charge in [-0.15, -0.1) is 10.2 Å². The quantitative estimate of drug-likeness (QED) is 0.405. The van der Waals surface area contributed by atoms with Crippen molar-refractivity contribution in [2.45, 2.75) is 0 Å². The molecule has 122 valence electrons. The van der Waals surface area contributed by atoms with E-state index in [0.717, 1.165) is 11.2 Å². The third-order valence-electron chi connectivity index (χ3n) is 3.73. The predicted molar refractivity (Wildman–Crippen MR) is 96.2 cm³/mol. The second kappa shape index (κ2) is 6.45. The summed E-state index contributed by atoms with van der Waals surface area (Å²) in [6, 6.07) is 19.2. The van der Waals surface area contributed by atoms with Crippen LogP contribution in [-0.4, -0.2) is 9.38 Å². The molecule has 0 saturated heterocycles. The van der Waals surface area contributed by atoms with E-state index in [1.54, 1.807) is 30.3 Å². The average Bonchev–Trinajstić information content (AvgIpc) is 3.00. The Morgan fingerprint density at radius 1 is 0.880 bits per heavy atom. The maximum absolute atomic E-state index is 13.8. The van der Waals surface area contributed by atoms with Gasteiger partial charge in [0.25, 0.3) is 0 Å². The molecule has 0 bridgehead atoms. The lowest BCUT2D eigenvalue weighted by Gasteiger charge is -2.00. The van der Waals surface area contributed by atoms with E-state index < -0.39 is 5.82 Å². The molecule has 2 aromatic heterocycles. The topological polar surface area (TPSA) is 42.0 Å². The second-order valence-corrected chi connectivity index (χ2v) is 5.81. The number of hydrogen-bond acceptors (Lipinski definition) is 3. The summed E-state index contributed by atoms with van der Waals surface area (Å²) in [6.07, 6.45) is 1.84. The van der Waals surface area contributed by atoms with Crippen molar-refractivity contribution in [2.75, 3.05) is 0 Å². The van der Waals surface area contributed by atoms with Crippen LogP contribution >= 0.6 is 11.6 Å². The highest BCUT2D eigenvalue weighted by atomic mass is 35.5. The van der Waals surface area contributed by atoms with E-state index >= 15 is 0 Å². The Kier molecular flexibility index (Phi) is 3.99. The highest BCUT2D eigenvalue weighted by Gasteiger charge is 2.14. The Morgan fingerprint density at radius 2 is 1.64 bits per heavy atom. The molecular weight excluding hydrogens is 339 g/mol. The van der Waals surface area contributed by atoms with Crippen LogP contribution in [0.15, 0.2) is 83.2 Å². The molecule has 0 aliphatic heterocycles. The van der Waals surface area contributed by atoms with Gasteiger partial charge in [-0.05, 0) is 36.4 Å². The molecule has 25 heavy (non-hydrogen) atoms. The van der Waals surface area contributed by atoms with E-state index in [2.05, 4.69) is 15.2 Å². The Labute approximate surface area is 148 Å². The van der Waals surface area contributed by atoms with Crippen LogP contribution in [0.5, 0.6) is 0 Å². The molecular formula is C19H12ClFN4. The van der Waals surface area contributed by atoms with Crippen molar-refractivity contribution in [3.63, 3.8) is 0 Å². The van der Waals surface area contributed by atoms with Gasteiger partial charge in [0.1, 0.15) is 17.0 Å². The van der Waals surface area contributed by atoms with Crippen molar-refractivity contribution in [2.24, 2.45) is 10.2 Å². The standard InChI is InChI=1S/C19H12ClFN4/c20-14-10-8-13(9-11-14)18-19(25-12-4-3-7-17(25)22-18)24-23-16-6-2-1-5-15(16)21/h1-12H. The molecule has 0 radical (unpaired) electrons. The molecule has 6 heteroatoms. The minimum Gasteiger partial charge on any atom is -0.283 e. The molecule has 0 unspecified atom stereocenters. The summed E-state index contributed by atoms with van der Waals surface area (Å²) < 4.78 is 15.6.